The Labute approximate surface area is 156 Å². The molecule has 0 aromatic heterocycles. The van der Waals surface area contributed by atoms with Gasteiger partial charge in [0.25, 0.3) is 0 Å². The van der Waals surface area contributed by atoms with E-state index in [9.17, 15) is 9.50 Å². The van der Waals surface area contributed by atoms with Crippen molar-refractivity contribution in [2.75, 3.05) is 20.6 Å². The first-order valence-corrected chi connectivity index (χ1v) is 9.59. The highest BCUT2D eigenvalue weighted by atomic mass is 19.1. The molecular formula is C23H30FNO. The predicted octanol–water partition coefficient (Wildman–Crippen LogP) is 4.53. The zero-order chi connectivity index (χ0) is 18.7. The third-order valence-electron chi connectivity index (χ3n) is 5.59. The summed E-state index contributed by atoms with van der Waals surface area (Å²) in [6, 6.07) is 13.6. The average molecular weight is 355 g/mol. The van der Waals surface area contributed by atoms with Crippen molar-refractivity contribution in [2.24, 2.45) is 5.92 Å². The van der Waals surface area contributed by atoms with Gasteiger partial charge in [0.1, 0.15) is 5.82 Å². The molecule has 2 aromatic rings. The van der Waals surface area contributed by atoms with Crippen LogP contribution >= 0.6 is 0 Å². The summed E-state index contributed by atoms with van der Waals surface area (Å²) >= 11 is 0. The fraction of sp³-hybridized carbons (Fsp3) is 0.478. The Morgan fingerprint density at radius 1 is 1.08 bits per heavy atom. The topological polar surface area (TPSA) is 23.5 Å². The number of hydrogen-bond acceptors (Lipinski definition) is 2. The van der Waals surface area contributed by atoms with Gasteiger partial charge in [-0.05, 0) is 87.4 Å². The van der Waals surface area contributed by atoms with Crippen LogP contribution in [0.3, 0.4) is 0 Å². The molecule has 1 saturated carbocycles. The monoisotopic (exact) mass is 355 g/mol. The van der Waals surface area contributed by atoms with E-state index in [1.165, 1.54) is 28.8 Å². The van der Waals surface area contributed by atoms with Gasteiger partial charge in [0.2, 0.25) is 0 Å². The molecule has 140 valence electrons. The largest absolute Gasteiger partial charge is 0.393 e. The van der Waals surface area contributed by atoms with E-state index < -0.39 is 0 Å². The smallest absolute Gasteiger partial charge is 0.123 e. The summed E-state index contributed by atoms with van der Waals surface area (Å²) in [6.45, 7) is 3.05. The van der Waals surface area contributed by atoms with Crippen LogP contribution in [0.25, 0.3) is 0 Å². The van der Waals surface area contributed by atoms with Crippen LogP contribution in [0.4, 0.5) is 4.39 Å². The van der Waals surface area contributed by atoms with Crippen LogP contribution in [-0.4, -0.2) is 36.8 Å². The molecule has 0 amide bonds. The van der Waals surface area contributed by atoms with Crippen molar-refractivity contribution in [1.29, 1.82) is 0 Å². The zero-order valence-corrected chi connectivity index (χ0v) is 16.1. The molecule has 0 heterocycles. The first kappa shape index (κ1) is 19.1. The quantitative estimate of drug-likeness (QED) is 0.852. The Morgan fingerprint density at radius 2 is 1.81 bits per heavy atom. The fourth-order valence-electron chi connectivity index (χ4n) is 4.30. The lowest BCUT2D eigenvalue weighted by Gasteiger charge is -2.36. The van der Waals surface area contributed by atoms with Crippen LogP contribution in [0, 0.1) is 18.7 Å². The van der Waals surface area contributed by atoms with Crippen LogP contribution in [0.1, 0.15) is 47.4 Å². The molecule has 0 spiro atoms. The van der Waals surface area contributed by atoms with E-state index in [0.717, 1.165) is 37.8 Å². The molecule has 3 unspecified atom stereocenters. The SMILES string of the molecule is Cc1ccc(C2CCC(O)C(CN(C)C)C2)c(Cc2ccc(F)cc2)c1. The summed E-state index contributed by atoms with van der Waals surface area (Å²) in [5.74, 6) is 0.620. The summed E-state index contributed by atoms with van der Waals surface area (Å²) in [5.41, 5.74) is 5.13. The molecule has 2 aromatic carbocycles. The number of aryl methyl sites for hydroxylation is 1. The number of benzene rings is 2. The Kier molecular flexibility index (Phi) is 6.10. The van der Waals surface area contributed by atoms with Crippen molar-refractivity contribution in [3.8, 4) is 0 Å². The lowest BCUT2D eigenvalue weighted by atomic mass is 9.74. The van der Waals surface area contributed by atoms with Gasteiger partial charge in [0.15, 0.2) is 0 Å². The number of aliphatic hydroxyl groups is 1. The van der Waals surface area contributed by atoms with Crippen LogP contribution in [0.2, 0.25) is 0 Å². The highest BCUT2D eigenvalue weighted by molar-refractivity contribution is 5.38. The molecule has 0 radical (unpaired) electrons. The Morgan fingerprint density at radius 3 is 2.50 bits per heavy atom. The number of rotatable bonds is 5. The van der Waals surface area contributed by atoms with Crippen LogP contribution < -0.4 is 0 Å². The molecule has 0 aliphatic heterocycles. The van der Waals surface area contributed by atoms with Crippen LogP contribution in [-0.2, 0) is 6.42 Å². The predicted molar refractivity (Wildman–Crippen MR) is 105 cm³/mol. The Bertz CT molecular complexity index is 725. The lowest BCUT2D eigenvalue weighted by Crippen LogP contribution is -2.35. The number of hydrogen-bond donors (Lipinski definition) is 1. The van der Waals surface area contributed by atoms with E-state index in [-0.39, 0.29) is 11.9 Å². The van der Waals surface area contributed by atoms with Gasteiger partial charge in [-0.2, -0.15) is 0 Å². The number of halogens is 1. The van der Waals surface area contributed by atoms with Crippen molar-refractivity contribution < 1.29 is 9.50 Å². The average Bonchev–Trinajstić information content (AvgIpc) is 2.59. The maximum atomic E-state index is 13.2. The minimum Gasteiger partial charge on any atom is -0.393 e. The highest BCUT2D eigenvalue weighted by Crippen LogP contribution is 2.38. The van der Waals surface area contributed by atoms with Crippen molar-refractivity contribution in [2.45, 2.75) is 44.6 Å². The standard InChI is InChI=1S/C23H30FNO/c1-16-4-10-22(18-7-11-23(26)20(14-18)15-25(2)3)19(12-16)13-17-5-8-21(24)9-6-17/h4-6,8-10,12,18,20,23,26H,7,11,13-15H2,1-3H3. The van der Waals surface area contributed by atoms with Gasteiger partial charge in [-0.3, -0.25) is 0 Å². The van der Waals surface area contributed by atoms with Gasteiger partial charge < -0.3 is 10.0 Å². The maximum Gasteiger partial charge on any atom is 0.123 e. The molecule has 3 heteroatoms. The first-order chi connectivity index (χ1) is 12.4. The molecule has 1 N–H and O–H groups in total. The summed E-state index contributed by atoms with van der Waals surface area (Å²) in [5, 5.41) is 10.4. The summed E-state index contributed by atoms with van der Waals surface area (Å²) in [6.07, 6.45) is 3.56. The molecule has 3 rings (SSSR count). The Hall–Kier alpha value is -1.71. The van der Waals surface area contributed by atoms with Crippen LogP contribution in [0.5, 0.6) is 0 Å². The van der Waals surface area contributed by atoms with Crippen molar-refractivity contribution >= 4 is 0 Å². The zero-order valence-electron chi connectivity index (χ0n) is 16.1. The van der Waals surface area contributed by atoms with Crippen molar-refractivity contribution in [3.05, 3.63) is 70.5 Å². The molecule has 1 fully saturated rings. The minimum atomic E-state index is -0.195. The van der Waals surface area contributed by atoms with Gasteiger partial charge in [-0.25, -0.2) is 4.39 Å². The number of aliphatic hydroxyl groups excluding tert-OH is 1. The van der Waals surface area contributed by atoms with Gasteiger partial charge >= 0.3 is 0 Å². The minimum absolute atomic E-state index is 0.189. The molecule has 2 nitrogen and oxygen atoms in total. The third-order valence-corrected chi connectivity index (χ3v) is 5.59. The van der Waals surface area contributed by atoms with E-state index >= 15 is 0 Å². The first-order valence-electron chi connectivity index (χ1n) is 9.59. The fourth-order valence-corrected chi connectivity index (χ4v) is 4.30. The second-order valence-corrected chi connectivity index (χ2v) is 8.11. The molecule has 1 aliphatic rings. The van der Waals surface area contributed by atoms with E-state index in [0.29, 0.717) is 11.8 Å². The molecule has 26 heavy (non-hydrogen) atoms. The van der Waals surface area contributed by atoms with Gasteiger partial charge in [0, 0.05) is 6.54 Å². The van der Waals surface area contributed by atoms with E-state index in [2.05, 4.69) is 44.1 Å². The summed E-state index contributed by atoms with van der Waals surface area (Å²) < 4.78 is 13.2. The second-order valence-electron chi connectivity index (χ2n) is 8.11. The van der Waals surface area contributed by atoms with Crippen molar-refractivity contribution in [3.63, 3.8) is 0 Å². The van der Waals surface area contributed by atoms with Gasteiger partial charge in [-0.1, -0.05) is 35.9 Å². The van der Waals surface area contributed by atoms with Gasteiger partial charge in [0.05, 0.1) is 6.10 Å². The second kappa shape index (κ2) is 8.32. The third kappa shape index (κ3) is 4.72. The lowest BCUT2D eigenvalue weighted by molar-refractivity contribution is 0.0478. The van der Waals surface area contributed by atoms with E-state index in [1.807, 2.05) is 12.1 Å². The van der Waals surface area contributed by atoms with Crippen molar-refractivity contribution in [1.82, 2.24) is 4.90 Å². The summed E-state index contributed by atoms with van der Waals surface area (Å²) in [4.78, 5) is 2.17. The molecule has 1 aliphatic carbocycles. The number of nitrogens with zero attached hydrogens (tertiary/aromatic N) is 1. The maximum absolute atomic E-state index is 13.2. The normalized spacial score (nSPS) is 23.4. The summed E-state index contributed by atoms with van der Waals surface area (Å²) in [7, 11) is 4.14. The Balaban J connectivity index is 1.84. The van der Waals surface area contributed by atoms with Gasteiger partial charge in [-0.15, -0.1) is 0 Å². The molecule has 3 atom stereocenters. The highest BCUT2D eigenvalue weighted by Gasteiger charge is 2.31. The molecule has 0 bridgehead atoms. The molecule has 0 saturated heterocycles. The van der Waals surface area contributed by atoms with E-state index in [4.69, 9.17) is 0 Å². The van der Waals surface area contributed by atoms with Crippen LogP contribution in [0.15, 0.2) is 42.5 Å². The van der Waals surface area contributed by atoms with E-state index in [1.54, 1.807) is 0 Å². The molecular weight excluding hydrogens is 325 g/mol.